The molecular weight excluding hydrogens is 196 g/mol. The SMILES string of the molecule is COC(=O)Cc1cccc2c1OCC2=O. The summed E-state index contributed by atoms with van der Waals surface area (Å²) in [5, 5.41) is 0. The third-order valence-corrected chi connectivity index (χ3v) is 2.31. The van der Waals surface area contributed by atoms with Gasteiger partial charge in [0.15, 0.2) is 6.61 Å². The van der Waals surface area contributed by atoms with Crippen LogP contribution in [0.2, 0.25) is 0 Å². The fourth-order valence-electron chi connectivity index (χ4n) is 1.56. The van der Waals surface area contributed by atoms with Gasteiger partial charge in [0.25, 0.3) is 0 Å². The van der Waals surface area contributed by atoms with Crippen LogP contribution in [0.1, 0.15) is 15.9 Å². The van der Waals surface area contributed by atoms with E-state index in [1.54, 1.807) is 18.2 Å². The normalized spacial score (nSPS) is 13.3. The Balaban J connectivity index is 2.34. The molecule has 0 amide bonds. The monoisotopic (exact) mass is 206 g/mol. The number of carbonyl (C=O) groups excluding carboxylic acids is 2. The molecule has 2 rings (SSSR count). The number of hydrogen-bond acceptors (Lipinski definition) is 4. The summed E-state index contributed by atoms with van der Waals surface area (Å²) >= 11 is 0. The molecule has 0 saturated carbocycles. The van der Waals surface area contributed by atoms with Crippen molar-refractivity contribution in [1.82, 2.24) is 0 Å². The molecule has 0 atom stereocenters. The Hall–Kier alpha value is -1.84. The average Bonchev–Trinajstić information content (AvgIpc) is 2.62. The van der Waals surface area contributed by atoms with E-state index in [4.69, 9.17) is 4.74 Å². The highest BCUT2D eigenvalue weighted by atomic mass is 16.5. The number of Topliss-reactive ketones (excluding diaryl/α,β-unsaturated/α-hetero) is 1. The van der Waals surface area contributed by atoms with E-state index in [0.717, 1.165) is 0 Å². The number of benzene rings is 1. The summed E-state index contributed by atoms with van der Waals surface area (Å²) in [5.74, 6) is 0.135. The Morgan fingerprint density at radius 1 is 1.53 bits per heavy atom. The molecule has 0 spiro atoms. The topological polar surface area (TPSA) is 52.6 Å². The highest BCUT2D eigenvalue weighted by molar-refractivity contribution is 6.02. The molecule has 4 nitrogen and oxygen atoms in total. The Kier molecular flexibility index (Phi) is 2.41. The molecular formula is C11H10O4. The van der Waals surface area contributed by atoms with Gasteiger partial charge in [-0.05, 0) is 6.07 Å². The standard InChI is InChI=1S/C11H10O4/c1-14-10(13)5-7-3-2-4-8-9(12)6-15-11(7)8/h2-4H,5-6H2,1H3. The van der Waals surface area contributed by atoms with Crippen molar-refractivity contribution < 1.29 is 19.1 Å². The van der Waals surface area contributed by atoms with Crippen LogP contribution in [0.3, 0.4) is 0 Å². The van der Waals surface area contributed by atoms with Crippen molar-refractivity contribution in [2.45, 2.75) is 6.42 Å². The van der Waals surface area contributed by atoms with E-state index in [1.807, 2.05) is 0 Å². The highest BCUT2D eigenvalue weighted by Gasteiger charge is 2.24. The summed E-state index contributed by atoms with van der Waals surface area (Å²) in [7, 11) is 1.33. The van der Waals surface area contributed by atoms with Gasteiger partial charge in [-0.1, -0.05) is 12.1 Å². The number of hydrogen-bond donors (Lipinski definition) is 0. The van der Waals surface area contributed by atoms with Crippen molar-refractivity contribution in [2.24, 2.45) is 0 Å². The minimum Gasteiger partial charge on any atom is -0.484 e. The molecule has 1 aliphatic rings. The van der Waals surface area contributed by atoms with Crippen LogP contribution in [-0.2, 0) is 16.0 Å². The molecule has 0 aromatic heterocycles. The molecule has 4 heteroatoms. The predicted octanol–water partition coefficient (Wildman–Crippen LogP) is 0.977. The largest absolute Gasteiger partial charge is 0.484 e. The Bertz CT molecular complexity index is 423. The molecule has 1 aromatic carbocycles. The molecule has 0 bridgehead atoms. The van der Waals surface area contributed by atoms with Gasteiger partial charge in [-0.25, -0.2) is 0 Å². The Morgan fingerprint density at radius 3 is 3.07 bits per heavy atom. The fourth-order valence-corrected chi connectivity index (χ4v) is 1.56. The third-order valence-electron chi connectivity index (χ3n) is 2.31. The lowest BCUT2D eigenvalue weighted by atomic mass is 10.1. The fraction of sp³-hybridized carbons (Fsp3) is 0.273. The second-order valence-electron chi connectivity index (χ2n) is 3.26. The van der Waals surface area contributed by atoms with E-state index in [2.05, 4.69) is 4.74 Å². The number of fused-ring (bicyclic) bond motifs is 1. The van der Waals surface area contributed by atoms with Crippen LogP contribution < -0.4 is 4.74 Å². The molecule has 0 radical (unpaired) electrons. The molecule has 1 aliphatic heterocycles. The van der Waals surface area contributed by atoms with Crippen molar-refractivity contribution in [3.05, 3.63) is 29.3 Å². The first-order chi connectivity index (χ1) is 7.22. The molecule has 0 aliphatic carbocycles. The average molecular weight is 206 g/mol. The van der Waals surface area contributed by atoms with Crippen molar-refractivity contribution >= 4 is 11.8 Å². The predicted molar refractivity (Wildman–Crippen MR) is 52.0 cm³/mol. The van der Waals surface area contributed by atoms with Crippen LogP contribution in [0.4, 0.5) is 0 Å². The second kappa shape index (κ2) is 3.73. The maximum Gasteiger partial charge on any atom is 0.310 e. The number of esters is 1. The van der Waals surface area contributed by atoms with E-state index in [0.29, 0.717) is 16.9 Å². The molecule has 15 heavy (non-hydrogen) atoms. The van der Waals surface area contributed by atoms with Gasteiger partial charge in [0.2, 0.25) is 5.78 Å². The van der Waals surface area contributed by atoms with E-state index in [1.165, 1.54) is 7.11 Å². The summed E-state index contributed by atoms with van der Waals surface area (Å²) in [4.78, 5) is 22.4. The van der Waals surface area contributed by atoms with Crippen molar-refractivity contribution in [2.75, 3.05) is 13.7 Å². The number of para-hydroxylation sites is 1. The lowest BCUT2D eigenvalue weighted by Crippen LogP contribution is -2.05. The summed E-state index contributed by atoms with van der Waals surface area (Å²) in [6, 6.07) is 5.20. The van der Waals surface area contributed by atoms with E-state index in [-0.39, 0.29) is 24.8 Å². The second-order valence-corrected chi connectivity index (χ2v) is 3.26. The number of ketones is 1. The summed E-state index contributed by atoms with van der Waals surface area (Å²) in [6.07, 6.45) is 0.132. The van der Waals surface area contributed by atoms with Crippen molar-refractivity contribution in [1.29, 1.82) is 0 Å². The van der Waals surface area contributed by atoms with Gasteiger partial charge in [0, 0.05) is 5.56 Å². The van der Waals surface area contributed by atoms with E-state index >= 15 is 0 Å². The maximum atomic E-state index is 11.3. The summed E-state index contributed by atoms with van der Waals surface area (Å²) in [6.45, 7) is 0.0630. The first-order valence-corrected chi connectivity index (χ1v) is 4.57. The van der Waals surface area contributed by atoms with Gasteiger partial charge in [0.05, 0.1) is 19.1 Å². The van der Waals surface area contributed by atoms with Crippen LogP contribution >= 0.6 is 0 Å². The van der Waals surface area contributed by atoms with Crippen LogP contribution in [0.5, 0.6) is 5.75 Å². The molecule has 0 N–H and O–H groups in total. The zero-order valence-corrected chi connectivity index (χ0v) is 8.28. The summed E-state index contributed by atoms with van der Waals surface area (Å²) in [5.41, 5.74) is 1.25. The van der Waals surface area contributed by atoms with Gasteiger partial charge in [-0.3, -0.25) is 9.59 Å². The van der Waals surface area contributed by atoms with Crippen LogP contribution in [-0.4, -0.2) is 25.5 Å². The zero-order chi connectivity index (χ0) is 10.8. The molecule has 1 heterocycles. The maximum absolute atomic E-state index is 11.3. The number of methoxy groups -OCH3 is 1. The number of rotatable bonds is 2. The quantitative estimate of drug-likeness (QED) is 0.677. The van der Waals surface area contributed by atoms with Crippen LogP contribution in [0, 0.1) is 0 Å². The number of carbonyl (C=O) groups is 2. The minimum atomic E-state index is -0.341. The zero-order valence-electron chi connectivity index (χ0n) is 8.28. The molecule has 0 fully saturated rings. The van der Waals surface area contributed by atoms with Gasteiger partial charge in [-0.15, -0.1) is 0 Å². The molecule has 78 valence electrons. The first-order valence-electron chi connectivity index (χ1n) is 4.57. The Morgan fingerprint density at radius 2 is 2.33 bits per heavy atom. The summed E-state index contributed by atoms with van der Waals surface area (Å²) < 4.78 is 9.79. The lowest BCUT2D eigenvalue weighted by molar-refractivity contribution is -0.139. The highest BCUT2D eigenvalue weighted by Crippen LogP contribution is 2.29. The van der Waals surface area contributed by atoms with Crippen LogP contribution in [0.15, 0.2) is 18.2 Å². The lowest BCUT2D eigenvalue weighted by Gasteiger charge is -2.05. The molecule has 0 unspecified atom stereocenters. The molecule has 1 aromatic rings. The van der Waals surface area contributed by atoms with E-state index in [9.17, 15) is 9.59 Å². The van der Waals surface area contributed by atoms with E-state index < -0.39 is 0 Å². The van der Waals surface area contributed by atoms with Crippen LogP contribution in [0.25, 0.3) is 0 Å². The van der Waals surface area contributed by atoms with Gasteiger partial charge in [-0.2, -0.15) is 0 Å². The van der Waals surface area contributed by atoms with Gasteiger partial charge >= 0.3 is 5.97 Å². The van der Waals surface area contributed by atoms with Gasteiger partial charge in [0.1, 0.15) is 5.75 Å². The van der Waals surface area contributed by atoms with Gasteiger partial charge < -0.3 is 9.47 Å². The number of ether oxygens (including phenoxy) is 2. The minimum absolute atomic E-state index is 0.0447. The van der Waals surface area contributed by atoms with Crippen molar-refractivity contribution in [3.63, 3.8) is 0 Å². The Labute approximate surface area is 86.8 Å². The smallest absolute Gasteiger partial charge is 0.310 e. The third kappa shape index (κ3) is 1.70. The molecule has 0 saturated heterocycles. The first kappa shape index (κ1) is 9.71. The van der Waals surface area contributed by atoms with Crippen molar-refractivity contribution in [3.8, 4) is 5.75 Å².